The highest BCUT2D eigenvalue weighted by atomic mass is 15.0. The number of allylic oxidation sites excluding steroid dienone is 1. The van der Waals surface area contributed by atoms with Crippen LogP contribution in [0.15, 0.2) is 188 Å². The van der Waals surface area contributed by atoms with Gasteiger partial charge in [-0.05, 0) is 114 Å². The molecule has 0 saturated carbocycles. The molecule has 0 fully saturated rings. The summed E-state index contributed by atoms with van der Waals surface area (Å²) in [6, 6.07) is 66.4. The molecule has 3 N–H and O–H groups in total. The Morgan fingerprint density at radius 2 is 1.16 bits per heavy atom. The Balaban J connectivity index is 1.05. The minimum Gasteiger partial charge on any atom is -0.366 e. The molecule has 8 aromatic rings. The summed E-state index contributed by atoms with van der Waals surface area (Å²) < 4.78 is 0. The summed E-state index contributed by atoms with van der Waals surface area (Å²) >= 11 is 0. The summed E-state index contributed by atoms with van der Waals surface area (Å²) in [5.41, 5.74) is 25.6. The van der Waals surface area contributed by atoms with Gasteiger partial charge in [-0.25, -0.2) is 0 Å². The van der Waals surface area contributed by atoms with Crippen molar-refractivity contribution in [2.75, 3.05) is 0 Å². The molecular weight excluding hydrogens is 689 g/mol. The van der Waals surface area contributed by atoms with Gasteiger partial charge < -0.3 is 11.1 Å². The smallest absolute Gasteiger partial charge is 0.101 e. The van der Waals surface area contributed by atoms with E-state index in [4.69, 9.17) is 5.73 Å². The Hall–Kier alpha value is -6.48. The highest BCUT2D eigenvalue weighted by Crippen LogP contribution is 2.54. The number of nitrogens with one attached hydrogen (secondary N) is 1. The monoisotopic (exact) mass is 734 g/mol. The summed E-state index contributed by atoms with van der Waals surface area (Å²) in [5.74, 6) is 0. The van der Waals surface area contributed by atoms with Crippen LogP contribution in [0.3, 0.4) is 0 Å². The molecule has 0 aliphatic heterocycles. The Labute approximate surface area is 336 Å². The number of rotatable bonds is 8. The third kappa shape index (κ3) is 5.66. The van der Waals surface area contributed by atoms with Crippen molar-refractivity contribution < 1.29 is 0 Å². The van der Waals surface area contributed by atoms with Crippen molar-refractivity contribution in [3.05, 3.63) is 233 Å². The normalized spacial score (nSPS) is 16.7. The zero-order chi connectivity index (χ0) is 38.7. The van der Waals surface area contributed by atoms with Gasteiger partial charge in [0, 0.05) is 16.5 Å². The van der Waals surface area contributed by atoms with E-state index in [0.29, 0.717) is 0 Å². The van der Waals surface area contributed by atoms with Crippen LogP contribution in [0.4, 0.5) is 0 Å². The Morgan fingerprint density at radius 3 is 1.93 bits per heavy atom. The third-order valence-corrected chi connectivity index (χ3v) is 12.8. The molecule has 0 heterocycles. The second-order valence-electron chi connectivity index (χ2n) is 16.4. The molecule has 10 rings (SSSR count). The van der Waals surface area contributed by atoms with Crippen LogP contribution < -0.4 is 11.1 Å². The van der Waals surface area contributed by atoms with Crippen molar-refractivity contribution in [3.8, 4) is 33.4 Å². The minimum absolute atomic E-state index is 0.0886. The summed E-state index contributed by atoms with van der Waals surface area (Å²) in [5, 5.41) is 6.30. The quantitative estimate of drug-likeness (QED) is 0.153. The Morgan fingerprint density at radius 1 is 0.544 bits per heavy atom. The van der Waals surface area contributed by atoms with Crippen LogP contribution in [0.2, 0.25) is 0 Å². The van der Waals surface area contributed by atoms with E-state index in [1.54, 1.807) is 0 Å². The van der Waals surface area contributed by atoms with Gasteiger partial charge >= 0.3 is 0 Å². The average Bonchev–Trinajstić information content (AvgIpc) is 3.66. The third-order valence-electron chi connectivity index (χ3n) is 12.8. The Kier molecular flexibility index (Phi) is 8.36. The van der Waals surface area contributed by atoms with Crippen LogP contribution in [-0.2, 0) is 17.3 Å². The molecule has 2 atom stereocenters. The molecule has 8 aromatic carbocycles. The predicted molar refractivity (Wildman–Crippen MR) is 239 cm³/mol. The first-order valence-corrected chi connectivity index (χ1v) is 20.2. The maximum atomic E-state index is 6.90. The van der Waals surface area contributed by atoms with Crippen LogP contribution in [-0.4, -0.2) is 0 Å². The van der Waals surface area contributed by atoms with Crippen LogP contribution >= 0.6 is 0 Å². The van der Waals surface area contributed by atoms with Crippen molar-refractivity contribution in [2.45, 2.75) is 44.2 Å². The van der Waals surface area contributed by atoms with Crippen molar-refractivity contribution in [2.24, 2.45) is 5.73 Å². The molecule has 0 bridgehead atoms. The first-order chi connectivity index (χ1) is 27.8. The fourth-order valence-electron chi connectivity index (χ4n) is 9.80. The van der Waals surface area contributed by atoms with E-state index in [1.807, 2.05) is 18.2 Å². The lowest BCUT2D eigenvalue weighted by Crippen LogP contribution is -2.27. The maximum absolute atomic E-state index is 6.90. The van der Waals surface area contributed by atoms with E-state index in [1.165, 1.54) is 77.5 Å². The first kappa shape index (κ1) is 35.0. The molecule has 57 heavy (non-hydrogen) atoms. The van der Waals surface area contributed by atoms with Gasteiger partial charge in [-0.3, -0.25) is 0 Å². The number of hydrogen-bond acceptors (Lipinski definition) is 2. The molecule has 2 nitrogen and oxygen atoms in total. The number of hydrogen-bond donors (Lipinski definition) is 2. The molecule has 2 aliphatic rings. The topological polar surface area (TPSA) is 38.0 Å². The van der Waals surface area contributed by atoms with E-state index < -0.39 is 0 Å². The van der Waals surface area contributed by atoms with Gasteiger partial charge in [0.05, 0.1) is 0 Å². The zero-order valence-corrected chi connectivity index (χ0v) is 32.8. The number of fused-ring (bicyclic) bond motifs is 7. The Bertz CT molecular complexity index is 2830. The van der Waals surface area contributed by atoms with Crippen LogP contribution in [0.5, 0.6) is 0 Å². The van der Waals surface area contributed by atoms with Gasteiger partial charge in [-0.1, -0.05) is 190 Å². The maximum Gasteiger partial charge on any atom is 0.101 e. The van der Waals surface area contributed by atoms with Crippen LogP contribution in [0, 0.1) is 0 Å². The molecule has 2 aliphatic carbocycles. The minimum atomic E-state index is -0.369. The molecule has 2 heteroatoms. The molecule has 0 saturated heterocycles. The van der Waals surface area contributed by atoms with Crippen LogP contribution in [0.1, 0.15) is 71.4 Å². The van der Waals surface area contributed by atoms with Crippen molar-refractivity contribution >= 4 is 16.5 Å². The van der Waals surface area contributed by atoms with Crippen LogP contribution in [0.25, 0.3) is 49.9 Å². The molecule has 276 valence electrons. The van der Waals surface area contributed by atoms with Gasteiger partial charge in [-0.15, -0.1) is 0 Å². The van der Waals surface area contributed by atoms with Gasteiger partial charge in [-0.2, -0.15) is 0 Å². The van der Waals surface area contributed by atoms with E-state index in [-0.39, 0.29) is 17.0 Å². The molecule has 0 amide bonds. The van der Waals surface area contributed by atoms with Crippen molar-refractivity contribution in [1.82, 2.24) is 5.32 Å². The average molecular weight is 735 g/mol. The van der Waals surface area contributed by atoms with E-state index >= 15 is 0 Å². The summed E-state index contributed by atoms with van der Waals surface area (Å²) in [6.45, 7) is 7.10. The van der Waals surface area contributed by atoms with Gasteiger partial charge in [0.25, 0.3) is 0 Å². The van der Waals surface area contributed by atoms with Crippen molar-refractivity contribution in [1.29, 1.82) is 0 Å². The zero-order valence-electron chi connectivity index (χ0n) is 32.8. The SMILES string of the molecule is CC1(C)c2cc3ccccc3cc2-c2c(-c3ccc(/C(=C/Cc4cccc5c4-c4ccccc4C5(C)c4ccccc4)NC(N)c4ccccc4)cc3)cccc21. The number of nitrogens with two attached hydrogens (primary N) is 1. The second kappa shape index (κ2) is 13.6. The molecule has 0 radical (unpaired) electrons. The highest BCUT2D eigenvalue weighted by Gasteiger charge is 2.41. The molecule has 0 aromatic heterocycles. The lowest BCUT2D eigenvalue weighted by Gasteiger charge is -2.28. The second-order valence-corrected chi connectivity index (χ2v) is 16.4. The van der Waals surface area contributed by atoms with Gasteiger partial charge in [0.1, 0.15) is 6.17 Å². The fraction of sp³-hybridized carbons (Fsp3) is 0.127. The first-order valence-electron chi connectivity index (χ1n) is 20.2. The summed E-state index contributed by atoms with van der Waals surface area (Å²) in [6.07, 6.45) is 2.71. The lowest BCUT2D eigenvalue weighted by molar-refractivity contribution is 0.661. The highest BCUT2D eigenvalue weighted by molar-refractivity contribution is 5.98. The van der Waals surface area contributed by atoms with E-state index in [2.05, 4.69) is 196 Å². The van der Waals surface area contributed by atoms with Gasteiger partial charge in [0.2, 0.25) is 0 Å². The molecular formula is C55H46N2. The van der Waals surface area contributed by atoms with Crippen molar-refractivity contribution in [3.63, 3.8) is 0 Å². The largest absolute Gasteiger partial charge is 0.366 e. The standard InChI is InChI=1S/C55H46N2/c1-54(2)47-26-15-24-43(52(47)45-34-40-18-10-11-19-41(40)35-49(45)54)36-28-30-37(31-29-36)50(57-53(56)39-16-6-4-7-17-39)33-32-38-20-14-27-48-51(38)44-23-12-13-25-46(44)55(48,3)42-21-8-5-9-22-42/h4-31,33-35,53,57H,32,56H2,1-3H3/b50-33-. The van der Waals surface area contributed by atoms with E-state index in [9.17, 15) is 0 Å². The fourth-order valence-corrected chi connectivity index (χ4v) is 9.80. The van der Waals surface area contributed by atoms with E-state index in [0.717, 1.165) is 23.2 Å². The molecule has 2 unspecified atom stereocenters. The number of benzene rings is 8. The summed E-state index contributed by atoms with van der Waals surface area (Å²) in [7, 11) is 0. The lowest BCUT2D eigenvalue weighted by atomic mass is 9.74. The molecule has 0 spiro atoms. The summed E-state index contributed by atoms with van der Waals surface area (Å²) in [4.78, 5) is 0. The van der Waals surface area contributed by atoms with Gasteiger partial charge in [0.15, 0.2) is 0 Å². The predicted octanol–water partition coefficient (Wildman–Crippen LogP) is 13.0.